The minimum Gasteiger partial charge on any atom is -0.364 e. The predicted molar refractivity (Wildman–Crippen MR) is 92.1 cm³/mol. The average Bonchev–Trinajstić information content (AvgIpc) is 3.08. The van der Waals surface area contributed by atoms with Crippen LogP contribution < -0.4 is 5.73 Å². The van der Waals surface area contributed by atoms with Crippen molar-refractivity contribution in [3.05, 3.63) is 45.4 Å². The highest BCUT2D eigenvalue weighted by Crippen LogP contribution is 2.34. The molecule has 118 valence electrons. The highest BCUT2D eigenvalue weighted by molar-refractivity contribution is 7.15. The molecule has 5 nitrogen and oxygen atoms in total. The molecule has 4 heterocycles. The molecule has 1 aliphatic rings. The number of aromatic nitrogens is 2. The number of carbonyl (C=O) groups is 1. The second-order valence-electron chi connectivity index (χ2n) is 5.80. The Bertz CT molecular complexity index is 930. The maximum atomic E-state index is 11.6. The fourth-order valence-corrected chi connectivity index (χ4v) is 4.43. The molecule has 0 aromatic carbocycles. The van der Waals surface area contributed by atoms with Crippen molar-refractivity contribution in [2.24, 2.45) is 5.73 Å². The molecule has 3 aromatic heterocycles. The topological polar surface area (TPSA) is 63.6 Å². The molecule has 0 radical (unpaired) electrons. The number of likely N-dealkylation sites (N-methyl/N-ethyl adjacent to an activating group) is 1. The second-order valence-corrected chi connectivity index (χ2v) is 7.35. The first-order valence-electron chi connectivity index (χ1n) is 7.31. The van der Waals surface area contributed by atoms with Gasteiger partial charge in [-0.25, -0.2) is 4.52 Å². The average molecular weight is 347 g/mol. The molecule has 0 saturated heterocycles. The van der Waals surface area contributed by atoms with Crippen LogP contribution in [0.5, 0.6) is 0 Å². The zero-order chi connectivity index (χ0) is 16.1. The molecule has 0 bridgehead atoms. The van der Waals surface area contributed by atoms with E-state index in [-0.39, 0.29) is 0 Å². The van der Waals surface area contributed by atoms with Crippen molar-refractivity contribution in [2.45, 2.75) is 13.0 Å². The van der Waals surface area contributed by atoms with Gasteiger partial charge >= 0.3 is 0 Å². The van der Waals surface area contributed by atoms with Crippen LogP contribution in [0.4, 0.5) is 0 Å². The minimum absolute atomic E-state index is 0.299. The van der Waals surface area contributed by atoms with Gasteiger partial charge in [0.15, 0.2) is 0 Å². The van der Waals surface area contributed by atoms with Crippen LogP contribution in [0.3, 0.4) is 0 Å². The largest absolute Gasteiger partial charge is 0.364 e. The molecule has 1 amide bonds. The summed E-state index contributed by atoms with van der Waals surface area (Å²) in [4.78, 5) is 16.4. The van der Waals surface area contributed by atoms with Crippen molar-refractivity contribution in [1.29, 1.82) is 0 Å². The van der Waals surface area contributed by atoms with Gasteiger partial charge < -0.3 is 10.6 Å². The van der Waals surface area contributed by atoms with Gasteiger partial charge in [-0.2, -0.15) is 5.10 Å². The molecule has 3 aromatic rings. The van der Waals surface area contributed by atoms with E-state index in [9.17, 15) is 4.79 Å². The van der Waals surface area contributed by atoms with Gasteiger partial charge in [-0.05, 0) is 43.3 Å². The van der Waals surface area contributed by atoms with E-state index in [1.165, 1.54) is 15.0 Å². The number of primary amides is 1. The number of halogens is 1. The third-order valence-electron chi connectivity index (χ3n) is 4.15. The molecule has 0 atom stereocenters. The van der Waals surface area contributed by atoms with Crippen LogP contribution in [0, 0.1) is 0 Å². The maximum Gasteiger partial charge on any atom is 0.267 e. The smallest absolute Gasteiger partial charge is 0.267 e. The van der Waals surface area contributed by atoms with Gasteiger partial charge in [0.25, 0.3) is 5.91 Å². The van der Waals surface area contributed by atoms with Gasteiger partial charge in [-0.1, -0.05) is 11.6 Å². The monoisotopic (exact) mass is 346 g/mol. The highest BCUT2D eigenvalue weighted by Gasteiger charge is 2.19. The second kappa shape index (κ2) is 5.33. The predicted octanol–water partition coefficient (Wildman–Crippen LogP) is 2.80. The van der Waals surface area contributed by atoms with E-state index in [4.69, 9.17) is 17.3 Å². The molecule has 0 aliphatic carbocycles. The van der Waals surface area contributed by atoms with Crippen molar-refractivity contribution >= 4 is 34.4 Å². The summed E-state index contributed by atoms with van der Waals surface area (Å²) < 4.78 is 1.53. The van der Waals surface area contributed by atoms with Crippen LogP contribution >= 0.6 is 22.9 Å². The lowest BCUT2D eigenvalue weighted by atomic mass is 10.1. The summed E-state index contributed by atoms with van der Waals surface area (Å²) in [5.74, 6) is -0.538. The lowest BCUT2D eigenvalue weighted by Gasteiger charge is -2.21. The van der Waals surface area contributed by atoms with E-state index in [0.29, 0.717) is 16.2 Å². The molecule has 23 heavy (non-hydrogen) atoms. The van der Waals surface area contributed by atoms with E-state index in [0.717, 1.165) is 30.1 Å². The number of thiophene rings is 1. The van der Waals surface area contributed by atoms with Crippen LogP contribution in [0.2, 0.25) is 5.02 Å². The van der Waals surface area contributed by atoms with E-state index in [2.05, 4.69) is 23.1 Å². The van der Waals surface area contributed by atoms with E-state index in [1.807, 2.05) is 12.1 Å². The molecule has 0 fully saturated rings. The zero-order valence-electron chi connectivity index (χ0n) is 12.5. The van der Waals surface area contributed by atoms with E-state index in [1.54, 1.807) is 17.4 Å². The molecule has 2 N–H and O–H groups in total. The fourth-order valence-electron chi connectivity index (χ4n) is 2.92. The van der Waals surface area contributed by atoms with E-state index < -0.39 is 5.91 Å². The van der Waals surface area contributed by atoms with Gasteiger partial charge in [0.2, 0.25) is 0 Å². The van der Waals surface area contributed by atoms with Gasteiger partial charge in [-0.15, -0.1) is 11.3 Å². The standard InChI is InChI=1S/C16H15ClN4OS/c1-20-5-4-9-6-14(23-15(9)8-20)11-2-3-12-10(17)7-13(16(18)22)21(12)19-11/h2-3,6-7H,4-5,8H2,1H3,(H2,18,22). The lowest BCUT2D eigenvalue weighted by molar-refractivity contribution is 0.0994. The Balaban J connectivity index is 1.83. The van der Waals surface area contributed by atoms with Crippen LogP contribution in [-0.4, -0.2) is 34.0 Å². The Morgan fingerprint density at radius 3 is 3.00 bits per heavy atom. The highest BCUT2D eigenvalue weighted by atomic mass is 35.5. The van der Waals surface area contributed by atoms with E-state index >= 15 is 0 Å². The summed E-state index contributed by atoms with van der Waals surface area (Å²) in [7, 11) is 2.13. The SMILES string of the molecule is CN1CCc2cc(-c3ccc4c(Cl)cc(C(N)=O)n4n3)sc2C1. The first kappa shape index (κ1) is 14.7. The van der Waals surface area contributed by atoms with Gasteiger partial charge in [0.05, 0.1) is 15.4 Å². The molecule has 0 spiro atoms. The zero-order valence-corrected chi connectivity index (χ0v) is 14.1. The first-order chi connectivity index (χ1) is 11.0. The van der Waals surface area contributed by atoms with Crippen molar-refractivity contribution in [2.75, 3.05) is 13.6 Å². The van der Waals surface area contributed by atoms with Gasteiger partial charge in [0.1, 0.15) is 11.4 Å². The van der Waals surface area contributed by atoms with Crippen molar-refractivity contribution in [1.82, 2.24) is 14.5 Å². The van der Waals surface area contributed by atoms with Gasteiger partial charge in [0, 0.05) is 18.0 Å². The summed E-state index contributed by atoms with van der Waals surface area (Å²) in [6, 6.07) is 7.58. The quantitative estimate of drug-likeness (QED) is 0.776. The summed E-state index contributed by atoms with van der Waals surface area (Å²) >= 11 is 7.90. The Morgan fingerprint density at radius 1 is 1.39 bits per heavy atom. The summed E-state index contributed by atoms with van der Waals surface area (Å²) in [6.45, 7) is 2.05. The number of carbonyl (C=O) groups excluding carboxylic acids is 1. The third-order valence-corrected chi connectivity index (χ3v) is 5.64. The summed E-state index contributed by atoms with van der Waals surface area (Å²) in [6.07, 6.45) is 1.06. The number of hydrogen-bond donors (Lipinski definition) is 1. The van der Waals surface area contributed by atoms with Crippen molar-refractivity contribution in [3.8, 4) is 10.6 Å². The lowest BCUT2D eigenvalue weighted by Crippen LogP contribution is -2.24. The minimum atomic E-state index is -0.538. The molecule has 7 heteroatoms. The molecular formula is C16H15ClN4OS. The normalized spacial score (nSPS) is 15.0. The van der Waals surface area contributed by atoms with Crippen LogP contribution in [0.25, 0.3) is 16.1 Å². The van der Waals surface area contributed by atoms with Crippen LogP contribution in [0.15, 0.2) is 24.3 Å². The molecule has 0 unspecified atom stereocenters. The summed E-state index contributed by atoms with van der Waals surface area (Å²) in [5.41, 5.74) is 8.62. The number of amides is 1. The Kier molecular flexibility index (Phi) is 3.41. The molecule has 1 aliphatic heterocycles. The van der Waals surface area contributed by atoms with Crippen LogP contribution in [0.1, 0.15) is 20.9 Å². The fraction of sp³-hybridized carbons (Fsp3) is 0.250. The number of fused-ring (bicyclic) bond motifs is 2. The van der Waals surface area contributed by atoms with Crippen molar-refractivity contribution in [3.63, 3.8) is 0 Å². The molecule has 0 saturated carbocycles. The Morgan fingerprint density at radius 2 is 2.22 bits per heavy atom. The first-order valence-corrected chi connectivity index (χ1v) is 8.51. The number of rotatable bonds is 2. The molecule has 4 rings (SSSR count). The molecular weight excluding hydrogens is 332 g/mol. The maximum absolute atomic E-state index is 11.6. The number of hydrogen-bond acceptors (Lipinski definition) is 4. The third kappa shape index (κ3) is 2.43. The number of nitrogens with two attached hydrogens (primary N) is 1. The Labute approximate surface area is 142 Å². The summed E-state index contributed by atoms with van der Waals surface area (Å²) in [5, 5.41) is 5.05. The van der Waals surface area contributed by atoms with Crippen molar-refractivity contribution < 1.29 is 4.79 Å². The van der Waals surface area contributed by atoms with Gasteiger partial charge in [-0.3, -0.25) is 4.79 Å². The Hall–Kier alpha value is -1.89. The van der Waals surface area contributed by atoms with Crippen LogP contribution in [-0.2, 0) is 13.0 Å². The number of nitrogens with zero attached hydrogens (tertiary/aromatic N) is 3.